The van der Waals surface area contributed by atoms with Gasteiger partial charge in [0.05, 0.1) is 17.8 Å². The van der Waals surface area contributed by atoms with Gasteiger partial charge in [-0.1, -0.05) is 78.9 Å². The molecule has 0 bridgehead atoms. The fourth-order valence-electron chi connectivity index (χ4n) is 6.45. The van der Waals surface area contributed by atoms with E-state index in [1.54, 1.807) is 11.3 Å². The van der Waals surface area contributed by atoms with Crippen molar-refractivity contribution in [2.45, 2.75) is 13.5 Å². The standard InChI is InChI=1S/C34H21N3S2/c1-19-35-25(30-23-13-5-9-17-28(23)39-34(30)36-19)18-37-26-15-7-4-12-22(26)29-20-10-2-3-11-21(20)33-31(32(29)37)24-14-6-8-16-27(24)38-33/h2-17H,18H2,1H3. The first-order valence-corrected chi connectivity index (χ1v) is 14.8. The van der Waals surface area contributed by atoms with E-state index in [1.165, 1.54) is 68.2 Å². The predicted octanol–water partition coefficient (Wildman–Crippen LogP) is 9.83. The Morgan fingerprint density at radius 1 is 0.590 bits per heavy atom. The zero-order valence-corrected chi connectivity index (χ0v) is 22.7. The number of nitrogens with zero attached hydrogens (tertiary/aromatic N) is 3. The molecule has 0 saturated heterocycles. The van der Waals surface area contributed by atoms with Crippen molar-refractivity contribution in [1.82, 2.24) is 14.5 Å². The van der Waals surface area contributed by atoms with Gasteiger partial charge in [-0.2, -0.15) is 0 Å². The predicted molar refractivity (Wildman–Crippen MR) is 169 cm³/mol. The molecule has 5 aromatic carbocycles. The summed E-state index contributed by atoms with van der Waals surface area (Å²) in [5, 5.41) is 10.3. The van der Waals surface area contributed by atoms with Gasteiger partial charge in [-0.3, -0.25) is 0 Å². The van der Waals surface area contributed by atoms with Gasteiger partial charge in [0.1, 0.15) is 10.7 Å². The number of thiophene rings is 2. The molecule has 0 fully saturated rings. The Balaban J connectivity index is 1.49. The number of rotatable bonds is 2. The van der Waals surface area contributed by atoms with Crippen LogP contribution in [0.3, 0.4) is 0 Å². The fraction of sp³-hybridized carbons (Fsp3) is 0.0588. The lowest BCUT2D eigenvalue weighted by Gasteiger charge is -2.12. The van der Waals surface area contributed by atoms with Crippen molar-refractivity contribution < 1.29 is 0 Å². The maximum Gasteiger partial charge on any atom is 0.128 e. The molecule has 0 atom stereocenters. The largest absolute Gasteiger partial charge is 0.334 e. The van der Waals surface area contributed by atoms with Gasteiger partial charge in [-0.05, 0) is 30.5 Å². The summed E-state index contributed by atoms with van der Waals surface area (Å²) in [5.74, 6) is 0.821. The summed E-state index contributed by atoms with van der Waals surface area (Å²) < 4.78 is 6.46. The minimum Gasteiger partial charge on any atom is -0.334 e. The Morgan fingerprint density at radius 2 is 1.21 bits per heavy atom. The van der Waals surface area contributed by atoms with E-state index in [2.05, 4.69) is 102 Å². The minimum absolute atomic E-state index is 0.683. The molecule has 9 rings (SSSR count). The summed E-state index contributed by atoms with van der Waals surface area (Å²) >= 11 is 3.66. The van der Waals surface area contributed by atoms with Crippen molar-refractivity contribution in [2.75, 3.05) is 0 Å². The summed E-state index contributed by atoms with van der Waals surface area (Å²) in [6.45, 7) is 2.69. The van der Waals surface area contributed by atoms with E-state index in [0.29, 0.717) is 6.54 Å². The molecule has 0 aliphatic heterocycles. The molecular weight excluding hydrogens is 515 g/mol. The maximum atomic E-state index is 5.08. The highest BCUT2D eigenvalue weighted by Crippen LogP contribution is 2.47. The topological polar surface area (TPSA) is 30.7 Å². The second-order valence-electron chi connectivity index (χ2n) is 10.2. The van der Waals surface area contributed by atoms with Crippen molar-refractivity contribution in [3.05, 3.63) is 109 Å². The van der Waals surface area contributed by atoms with Crippen LogP contribution in [0.15, 0.2) is 97.1 Å². The van der Waals surface area contributed by atoms with Crippen LogP contribution in [0.2, 0.25) is 0 Å². The Bertz CT molecular complexity index is 2440. The van der Waals surface area contributed by atoms with Crippen LogP contribution in [0.1, 0.15) is 11.5 Å². The molecule has 0 aliphatic rings. The molecule has 5 heteroatoms. The van der Waals surface area contributed by atoms with E-state index in [0.717, 1.165) is 16.3 Å². The van der Waals surface area contributed by atoms with Crippen LogP contribution in [0.4, 0.5) is 0 Å². The van der Waals surface area contributed by atoms with Crippen LogP contribution in [0, 0.1) is 6.92 Å². The number of aromatic nitrogens is 3. The first-order chi connectivity index (χ1) is 19.3. The number of hydrogen-bond acceptors (Lipinski definition) is 4. The van der Waals surface area contributed by atoms with Gasteiger partial charge in [0.25, 0.3) is 0 Å². The lowest BCUT2D eigenvalue weighted by atomic mass is 10.00. The second-order valence-corrected chi connectivity index (χ2v) is 12.3. The normalized spacial score (nSPS) is 12.3. The molecule has 0 aliphatic carbocycles. The van der Waals surface area contributed by atoms with E-state index in [-0.39, 0.29) is 0 Å². The van der Waals surface area contributed by atoms with E-state index in [1.807, 2.05) is 18.3 Å². The molecule has 4 aromatic heterocycles. The third kappa shape index (κ3) is 2.92. The molecule has 184 valence electrons. The van der Waals surface area contributed by atoms with Gasteiger partial charge < -0.3 is 4.57 Å². The maximum absolute atomic E-state index is 5.08. The molecule has 0 spiro atoms. The number of para-hydroxylation sites is 1. The molecule has 0 N–H and O–H groups in total. The average Bonchev–Trinajstić information content (AvgIpc) is 3.63. The molecule has 0 unspecified atom stereocenters. The highest BCUT2D eigenvalue weighted by atomic mass is 32.1. The number of aryl methyl sites for hydroxylation is 1. The van der Waals surface area contributed by atoms with Crippen LogP contribution in [-0.4, -0.2) is 14.5 Å². The van der Waals surface area contributed by atoms with Gasteiger partial charge in [-0.15, -0.1) is 22.7 Å². The summed E-state index contributed by atoms with van der Waals surface area (Å²) in [5.41, 5.74) is 3.62. The summed E-state index contributed by atoms with van der Waals surface area (Å²) in [6, 6.07) is 35.2. The first-order valence-electron chi connectivity index (χ1n) is 13.1. The van der Waals surface area contributed by atoms with Gasteiger partial charge in [-0.25, -0.2) is 9.97 Å². The van der Waals surface area contributed by atoms with E-state index < -0.39 is 0 Å². The Hall–Kier alpha value is -4.32. The van der Waals surface area contributed by atoms with Crippen LogP contribution in [-0.2, 0) is 6.54 Å². The first kappa shape index (κ1) is 21.6. The van der Waals surface area contributed by atoms with Crippen molar-refractivity contribution >= 4 is 95.7 Å². The molecule has 0 radical (unpaired) electrons. The molecular formula is C34H21N3S2. The molecule has 39 heavy (non-hydrogen) atoms. The molecule has 0 amide bonds. The quantitative estimate of drug-likeness (QED) is 0.220. The van der Waals surface area contributed by atoms with Crippen LogP contribution in [0.25, 0.3) is 73.1 Å². The monoisotopic (exact) mass is 535 g/mol. The molecule has 9 aromatic rings. The van der Waals surface area contributed by atoms with Crippen molar-refractivity contribution in [3.63, 3.8) is 0 Å². The number of benzene rings is 5. The average molecular weight is 536 g/mol. The van der Waals surface area contributed by atoms with Crippen molar-refractivity contribution in [3.8, 4) is 0 Å². The van der Waals surface area contributed by atoms with Crippen molar-refractivity contribution in [1.29, 1.82) is 0 Å². The van der Waals surface area contributed by atoms with E-state index >= 15 is 0 Å². The van der Waals surface area contributed by atoms with E-state index in [4.69, 9.17) is 9.97 Å². The third-order valence-electron chi connectivity index (χ3n) is 7.98. The smallest absolute Gasteiger partial charge is 0.128 e. The summed E-state index contributed by atoms with van der Waals surface area (Å²) in [4.78, 5) is 11.0. The lowest BCUT2D eigenvalue weighted by molar-refractivity contribution is 0.834. The molecule has 3 nitrogen and oxygen atoms in total. The lowest BCUT2D eigenvalue weighted by Crippen LogP contribution is -2.04. The number of fused-ring (bicyclic) bond motifs is 13. The third-order valence-corrected chi connectivity index (χ3v) is 10.2. The van der Waals surface area contributed by atoms with Gasteiger partial charge >= 0.3 is 0 Å². The van der Waals surface area contributed by atoms with Crippen LogP contribution in [0.5, 0.6) is 0 Å². The van der Waals surface area contributed by atoms with Crippen LogP contribution >= 0.6 is 22.7 Å². The van der Waals surface area contributed by atoms with Gasteiger partial charge in [0, 0.05) is 57.3 Å². The highest BCUT2D eigenvalue weighted by molar-refractivity contribution is 7.27. The van der Waals surface area contributed by atoms with E-state index in [9.17, 15) is 0 Å². The molecule has 0 saturated carbocycles. The number of hydrogen-bond donors (Lipinski definition) is 0. The fourth-order valence-corrected chi connectivity index (χ4v) is 8.83. The Kier molecular flexibility index (Phi) is 4.35. The summed E-state index contributed by atoms with van der Waals surface area (Å²) in [7, 11) is 0. The van der Waals surface area contributed by atoms with Gasteiger partial charge in [0.2, 0.25) is 0 Å². The SMILES string of the molecule is Cc1nc(Cn2c3ccccc3c3c4ccccc4c4sc5ccccc5c4c32)c2c(n1)sc1ccccc12. The minimum atomic E-state index is 0.683. The zero-order valence-electron chi connectivity index (χ0n) is 21.1. The van der Waals surface area contributed by atoms with Crippen molar-refractivity contribution in [2.24, 2.45) is 0 Å². The van der Waals surface area contributed by atoms with Crippen LogP contribution < -0.4 is 0 Å². The second kappa shape index (κ2) is 7.85. The Morgan fingerprint density at radius 3 is 2.00 bits per heavy atom. The highest BCUT2D eigenvalue weighted by Gasteiger charge is 2.22. The Labute approximate surface area is 231 Å². The summed E-state index contributed by atoms with van der Waals surface area (Å²) in [6.07, 6.45) is 0. The molecule has 4 heterocycles. The van der Waals surface area contributed by atoms with Gasteiger partial charge in [0.15, 0.2) is 0 Å². The zero-order chi connectivity index (χ0) is 25.7.